The van der Waals surface area contributed by atoms with Gasteiger partial charge in [0.15, 0.2) is 23.0 Å². The van der Waals surface area contributed by atoms with Gasteiger partial charge in [-0.1, -0.05) is 125 Å². The molecule has 0 unspecified atom stereocenters. The summed E-state index contributed by atoms with van der Waals surface area (Å²) in [7, 11) is 1.89. The highest BCUT2D eigenvalue weighted by Crippen LogP contribution is 2.41. The van der Waals surface area contributed by atoms with Crippen molar-refractivity contribution in [3.05, 3.63) is 165 Å². The fourth-order valence-electron chi connectivity index (χ4n) is 13.6. The number of fused-ring (bicyclic) bond motifs is 4. The predicted octanol–water partition coefficient (Wildman–Crippen LogP) is 16.3. The van der Waals surface area contributed by atoms with Crippen LogP contribution in [0.1, 0.15) is 139 Å². The molecule has 0 spiro atoms. The van der Waals surface area contributed by atoms with E-state index in [1.807, 2.05) is 11.9 Å². The minimum absolute atomic E-state index is 0.0555. The lowest BCUT2D eigenvalue weighted by atomic mass is 10.1. The molecule has 0 amide bonds. The SMILES string of the molecule is CCCN(CCC)Cc1nc2c(O)c(Cl)cc(Cl)c2c(=O)n1CC1CC1.CN(Cc1ccc(F)cc1)Cc1nc2c(O)c(Cl)cc(Cl)c2c(=O)n1CC1CC1.O=c1c2c(Cl)cc(Cl)c(O)c2nc(CN2CCCC2)n1CC1CC1.O=c1c2c(Cl)cc(Cl)c(O)c2nc(CN2CCCCC2)n1CC1CC1. The summed E-state index contributed by atoms with van der Waals surface area (Å²) >= 11 is 49.1. The van der Waals surface area contributed by atoms with Crippen LogP contribution in [0, 0.1) is 29.5 Å². The van der Waals surface area contributed by atoms with E-state index in [9.17, 15) is 44.0 Å². The summed E-state index contributed by atoms with van der Waals surface area (Å²) in [6, 6.07) is 11.9. The van der Waals surface area contributed by atoms with Crippen LogP contribution in [0.25, 0.3) is 43.6 Å². The summed E-state index contributed by atoms with van der Waals surface area (Å²) in [5.74, 6) is 3.60. The lowest BCUT2D eigenvalue weighted by Crippen LogP contribution is -2.34. The summed E-state index contributed by atoms with van der Waals surface area (Å²) in [5.41, 5.74) is 0.844. The maximum atomic E-state index is 13.2. The second-order valence-corrected chi connectivity index (χ2v) is 31.9. The molecule has 9 aromatic rings. The van der Waals surface area contributed by atoms with Crippen LogP contribution in [-0.2, 0) is 58.9 Å². The molecule has 15 rings (SSSR count). The van der Waals surface area contributed by atoms with Gasteiger partial charge < -0.3 is 20.4 Å². The van der Waals surface area contributed by atoms with E-state index < -0.39 is 0 Å². The number of nitrogens with zero attached hydrogens (tertiary/aromatic N) is 12. The van der Waals surface area contributed by atoms with Gasteiger partial charge in [-0.2, -0.15) is 0 Å². The number of benzene rings is 5. The van der Waals surface area contributed by atoms with Gasteiger partial charge in [0.2, 0.25) is 0 Å². The minimum atomic E-state index is -0.282. The number of halogens is 9. The summed E-state index contributed by atoms with van der Waals surface area (Å²) in [6.07, 6.45) is 17.0. The van der Waals surface area contributed by atoms with Gasteiger partial charge in [-0.05, 0) is 202 Å². The van der Waals surface area contributed by atoms with Crippen LogP contribution in [-0.4, -0.2) is 125 Å². The Kier molecular flexibility index (Phi) is 25.4. The third kappa shape index (κ3) is 18.4. The van der Waals surface area contributed by atoms with E-state index in [1.165, 1.54) is 68.5 Å². The average Bonchev–Trinajstić information content (AvgIpc) is 1.47. The molecule has 2 aliphatic heterocycles. The molecule has 0 radical (unpaired) electrons. The van der Waals surface area contributed by atoms with Crippen molar-refractivity contribution in [1.29, 1.82) is 0 Å². The van der Waals surface area contributed by atoms with Gasteiger partial charge >= 0.3 is 0 Å². The Morgan fingerprint density at radius 3 is 1.01 bits per heavy atom. The van der Waals surface area contributed by atoms with Gasteiger partial charge in [0.05, 0.1) is 87.9 Å². The Hall–Kier alpha value is -6.05. The van der Waals surface area contributed by atoms with Gasteiger partial charge in [-0.3, -0.25) is 57.0 Å². The van der Waals surface area contributed by atoms with Crippen molar-refractivity contribution in [3.63, 3.8) is 0 Å². The van der Waals surface area contributed by atoms with E-state index in [2.05, 4.69) is 48.5 Å². The van der Waals surface area contributed by atoms with Gasteiger partial charge in [-0.25, -0.2) is 24.3 Å². The third-order valence-corrected chi connectivity index (χ3v) is 22.3. The first-order chi connectivity index (χ1) is 49.9. The largest absolute Gasteiger partial charge is 0.504 e. The molecule has 0 atom stereocenters. The van der Waals surface area contributed by atoms with Crippen molar-refractivity contribution in [3.8, 4) is 23.0 Å². The summed E-state index contributed by atoms with van der Waals surface area (Å²) in [5, 5.41) is 43.5. The van der Waals surface area contributed by atoms with Gasteiger partial charge in [0.25, 0.3) is 22.2 Å². The van der Waals surface area contributed by atoms with Crippen LogP contribution in [0.5, 0.6) is 23.0 Å². The van der Waals surface area contributed by atoms with E-state index in [1.54, 1.807) is 30.4 Å². The highest BCUT2D eigenvalue weighted by molar-refractivity contribution is 6.41. The van der Waals surface area contributed by atoms with Crippen LogP contribution in [0.2, 0.25) is 40.2 Å². The monoisotopic (exact) mass is 1580 g/mol. The normalized spacial score (nSPS) is 16.4. The molecule has 6 fully saturated rings. The van der Waals surface area contributed by atoms with Crippen molar-refractivity contribution in [2.45, 2.75) is 169 Å². The van der Waals surface area contributed by atoms with Gasteiger partial charge in [0, 0.05) is 32.7 Å². The lowest BCUT2D eigenvalue weighted by molar-refractivity contribution is 0.211. The van der Waals surface area contributed by atoms with Crippen molar-refractivity contribution in [2.75, 3.05) is 46.3 Å². The molecule has 6 aliphatic rings. The molecule has 0 bridgehead atoms. The summed E-state index contributed by atoms with van der Waals surface area (Å²) in [6.45, 7) is 15.5. The van der Waals surface area contributed by atoms with E-state index in [-0.39, 0.29) is 135 Å². The quantitative estimate of drug-likeness (QED) is 0.0494. The highest BCUT2D eigenvalue weighted by Gasteiger charge is 2.32. The number of phenolic OH excluding ortho intramolecular Hbond substituents is 4. The zero-order valence-electron chi connectivity index (χ0n) is 58.3. The molecule has 5 aromatic carbocycles. The number of hydrogen-bond acceptors (Lipinski definition) is 16. The standard InChI is InChI=1S/C21H20Cl2FN3O2.C19H25Cl2N3O2.C18H21Cl2N3O2.C17H19Cl2N3O2/c1-26(9-12-4-6-14(24)7-5-12)11-17-25-19-18(15(22)8-16(23)20(19)28)21(29)27(17)10-13-2-3-13;1-3-7-23(8-4-2)11-15-22-17-16(13(20)9-14(21)18(17)25)19(26)24(15)10-12-5-6-12;19-12-8-13(20)17(24)16-15(12)18(25)23(9-11-4-5-11)14(21-16)10-22-6-2-1-3-7-22;18-11-7-12(19)16(23)15-14(11)17(24)22(8-10-3-4-10)13(20-15)9-21-5-1-2-6-21/h4-8,13,28H,2-3,9-11H2,1H3;9,12,25H,3-8,10-11H2,1-2H3;8,11,24H,1-7,9-10H2;7,10,23H,1-6,8-9H2. The zero-order chi connectivity index (χ0) is 73.9. The van der Waals surface area contributed by atoms with Crippen LogP contribution >= 0.6 is 92.8 Å². The average molecular weight is 1590 g/mol. The van der Waals surface area contributed by atoms with Crippen molar-refractivity contribution < 1.29 is 24.8 Å². The maximum Gasteiger partial charge on any atom is 0.263 e. The number of piperidine rings is 1. The third-order valence-electron chi connectivity index (χ3n) is 19.9. The molecular formula is C75H85Cl8FN12O8. The number of aromatic nitrogens is 8. The van der Waals surface area contributed by atoms with E-state index in [0.717, 1.165) is 109 Å². The van der Waals surface area contributed by atoms with Crippen LogP contribution in [0.4, 0.5) is 4.39 Å². The maximum absolute atomic E-state index is 13.2. The van der Waals surface area contributed by atoms with E-state index >= 15 is 0 Å². The Labute approximate surface area is 641 Å². The van der Waals surface area contributed by atoms with Crippen molar-refractivity contribution >= 4 is 136 Å². The van der Waals surface area contributed by atoms with E-state index in [0.29, 0.717) is 106 Å². The fraction of sp³-hybridized carbons (Fsp3) is 0.493. The van der Waals surface area contributed by atoms with Gasteiger partial charge in [-0.15, -0.1) is 0 Å². The van der Waals surface area contributed by atoms with Crippen molar-refractivity contribution in [2.24, 2.45) is 23.7 Å². The van der Waals surface area contributed by atoms with Gasteiger partial charge in [0.1, 0.15) is 51.2 Å². The first-order valence-electron chi connectivity index (χ1n) is 35.9. The second kappa shape index (κ2) is 34.0. The molecule has 2 saturated heterocycles. The molecule has 4 saturated carbocycles. The molecule has 4 aliphatic carbocycles. The number of hydrogen-bond donors (Lipinski definition) is 4. The Morgan fingerprint density at radius 2 is 0.702 bits per heavy atom. The number of likely N-dealkylation sites (tertiary alicyclic amines) is 2. The second-order valence-electron chi connectivity index (χ2n) is 28.6. The van der Waals surface area contributed by atoms with Crippen molar-refractivity contribution in [1.82, 2.24) is 57.8 Å². The molecule has 104 heavy (non-hydrogen) atoms. The number of rotatable bonds is 22. The predicted molar refractivity (Wildman–Crippen MR) is 413 cm³/mol. The smallest absolute Gasteiger partial charge is 0.263 e. The molecule has 4 aromatic heterocycles. The summed E-state index contributed by atoms with van der Waals surface area (Å²) in [4.78, 5) is 79.8. The molecule has 4 N–H and O–H groups in total. The lowest BCUT2D eigenvalue weighted by Gasteiger charge is -2.27. The van der Waals surface area contributed by atoms with Crippen LogP contribution in [0.15, 0.2) is 67.7 Å². The Balaban J connectivity index is 0.000000131. The molecular weight excluding hydrogens is 1500 g/mol. The fourth-order valence-corrected chi connectivity index (χ4v) is 15.8. The minimum Gasteiger partial charge on any atom is -0.504 e. The Morgan fingerprint density at radius 1 is 0.413 bits per heavy atom. The highest BCUT2D eigenvalue weighted by atomic mass is 35.5. The molecule has 20 nitrogen and oxygen atoms in total. The van der Waals surface area contributed by atoms with Crippen LogP contribution < -0.4 is 22.2 Å². The topological polar surface area (TPSA) is 233 Å². The van der Waals surface area contributed by atoms with Crippen LogP contribution in [0.3, 0.4) is 0 Å². The summed E-state index contributed by atoms with van der Waals surface area (Å²) < 4.78 is 20.0. The zero-order valence-corrected chi connectivity index (χ0v) is 64.4. The first kappa shape index (κ1) is 77.6. The molecule has 556 valence electrons. The number of phenols is 4. The van der Waals surface area contributed by atoms with E-state index in [4.69, 9.17) is 92.8 Å². The Bertz CT molecular complexity index is 4930. The number of aromatic hydroxyl groups is 4. The molecule has 6 heterocycles. The molecule has 29 heteroatoms. The first-order valence-corrected chi connectivity index (χ1v) is 38.9.